The van der Waals surface area contributed by atoms with E-state index in [2.05, 4.69) is 21.6 Å². The molecular weight excluding hydrogens is 340 g/mol. The zero-order valence-electron chi connectivity index (χ0n) is 15.2. The minimum atomic E-state index is -0.0868. The van der Waals surface area contributed by atoms with Gasteiger partial charge >= 0.3 is 6.03 Å². The van der Waals surface area contributed by atoms with Crippen molar-refractivity contribution in [2.24, 2.45) is 0 Å². The number of carbonyl (C=O) groups is 1. The molecule has 0 bridgehead atoms. The van der Waals surface area contributed by atoms with Crippen LogP contribution in [0.5, 0.6) is 5.75 Å². The predicted molar refractivity (Wildman–Crippen MR) is 105 cm³/mol. The summed E-state index contributed by atoms with van der Waals surface area (Å²) in [7, 11) is 1.66. The summed E-state index contributed by atoms with van der Waals surface area (Å²) >= 11 is 0. The lowest BCUT2D eigenvalue weighted by Crippen LogP contribution is -2.34. The smallest absolute Gasteiger partial charge is 0.322 e. The first-order valence-electron chi connectivity index (χ1n) is 9.06. The number of ether oxygens (including phenoxy) is 1. The molecular formula is C21H22N4O2. The third-order valence-corrected chi connectivity index (χ3v) is 4.97. The Balaban J connectivity index is 1.56. The fourth-order valence-corrected chi connectivity index (χ4v) is 3.63. The van der Waals surface area contributed by atoms with Crippen LogP contribution in [0, 0.1) is 0 Å². The van der Waals surface area contributed by atoms with Gasteiger partial charge in [0.25, 0.3) is 0 Å². The zero-order valence-corrected chi connectivity index (χ0v) is 15.2. The van der Waals surface area contributed by atoms with Crippen LogP contribution in [0.25, 0.3) is 11.1 Å². The van der Waals surface area contributed by atoms with Gasteiger partial charge in [0, 0.05) is 23.9 Å². The van der Waals surface area contributed by atoms with Gasteiger partial charge in [0.2, 0.25) is 0 Å². The highest BCUT2D eigenvalue weighted by atomic mass is 16.5. The molecule has 1 saturated heterocycles. The van der Waals surface area contributed by atoms with Crippen molar-refractivity contribution in [3.8, 4) is 16.9 Å². The third-order valence-electron chi connectivity index (χ3n) is 4.97. The van der Waals surface area contributed by atoms with Crippen molar-refractivity contribution >= 4 is 11.7 Å². The largest absolute Gasteiger partial charge is 0.497 e. The van der Waals surface area contributed by atoms with Gasteiger partial charge in [0.15, 0.2) is 0 Å². The number of H-pyrrole nitrogens is 1. The van der Waals surface area contributed by atoms with Crippen LogP contribution in [0.3, 0.4) is 0 Å². The number of methoxy groups -OCH3 is 1. The first-order valence-corrected chi connectivity index (χ1v) is 9.06. The fraction of sp³-hybridized carbons (Fsp3) is 0.238. The van der Waals surface area contributed by atoms with Gasteiger partial charge in [-0.3, -0.25) is 5.10 Å². The van der Waals surface area contributed by atoms with Crippen LogP contribution < -0.4 is 10.1 Å². The Morgan fingerprint density at radius 2 is 2.15 bits per heavy atom. The molecule has 3 aromatic rings. The molecule has 138 valence electrons. The highest BCUT2D eigenvalue weighted by molar-refractivity contribution is 5.94. The maximum absolute atomic E-state index is 13.0. The van der Waals surface area contributed by atoms with E-state index in [-0.39, 0.29) is 12.1 Å². The second-order valence-electron chi connectivity index (χ2n) is 6.59. The topological polar surface area (TPSA) is 70.2 Å². The monoisotopic (exact) mass is 362 g/mol. The molecule has 1 aliphatic rings. The third kappa shape index (κ3) is 3.51. The quantitative estimate of drug-likeness (QED) is 0.720. The lowest BCUT2D eigenvalue weighted by molar-refractivity contribution is 0.207. The molecule has 27 heavy (non-hydrogen) atoms. The summed E-state index contributed by atoms with van der Waals surface area (Å²) in [5.41, 5.74) is 3.76. The van der Waals surface area contributed by atoms with E-state index in [1.165, 1.54) is 0 Å². The Labute approximate surface area is 158 Å². The molecule has 0 saturated carbocycles. The van der Waals surface area contributed by atoms with E-state index in [4.69, 9.17) is 4.74 Å². The summed E-state index contributed by atoms with van der Waals surface area (Å²) in [6.45, 7) is 0.738. The molecule has 1 atom stereocenters. The van der Waals surface area contributed by atoms with E-state index in [1.54, 1.807) is 13.3 Å². The molecule has 6 nitrogen and oxygen atoms in total. The summed E-state index contributed by atoms with van der Waals surface area (Å²) in [4.78, 5) is 14.9. The van der Waals surface area contributed by atoms with Crippen molar-refractivity contribution in [2.75, 3.05) is 19.0 Å². The Bertz CT molecular complexity index is 923. The number of hydrogen-bond acceptors (Lipinski definition) is 3. The van der Waals surface area contributed by atoms with Gasteiger partial charge in [-0.25, -0.2) is 4.79 Å². The van der Waals surface area contributed by atoms with Crippen LogP contribution in [-0.2, 0) is 0 Å². The van der Waals surface area contributed by atoms with E-state index in [0.29, 0.717) is 0 Å². The van der Waals surface area contributed by atoms with Gasteiger partial charge in [-0.2, -0.15) is 5.10 Å². The van der Waals surface area contributed by atoms with Crippen molar-refractivity contribution in [2.45, 2.75) is 18.9 Å². The predicted octanol–water partition coefficient (Wildman–Crippen LogP) is 4.45. The molecule has 0 radical (unpaired) electrons. The van der Waals surface area contributed by atoms with Crippen molar-refractivity contribution in [3.63, 3.8) is 0 Å². The summed E-state index contributed by atoms with van der Waals surface area (Å²) in [5, 5.41) is 9.91. The molecule has 2 aromatic carbocycles. The van der Waals surface area contributed by atoms with Crippen molar-refractivity contribution in [1.29, 1.82) is 0 Å². The molecule has 0 aliphatic carbocycles. The van der Waals surface area contributed by atoms with Gasteiger partial charge in [-0.05, 0) is 36.6 Å². The molecule has 2 heterocycles. The minimum Gasteiger partial charge on any atom is -0.497 e. The highest BCUT2D eigenvalue weighted by Gasteiger charge is 2.30. The lowest BCUT2D eigenvalue weighted by atomic mass is 10.0. The number of likely N-dealkylation sites (tertiary alicyclic amines) is 1. The van der Waals surface area contributed by atoms with Gasteiger partial charge in [-0.15, -0.1) is 0 Å². The van der Waals surface area contributed by atoms with Crippen molar-refractivity contribution < 1.29 is 9.53 Å². The number of urea groups is 1. The Morgan fingerprint density at radius 3 is 2.96 bits per heavy atom. The van der Waals surface area contributed by atoms with Crippen molar-refractivity contribution in [1.82, 2.24) is 15.1 Å². The number of nitrogens with zero attached hydrogens (tertiary/aromatic N) is 2. The number of para-hydroxylation sites is 1. The first kappa shape index (κ1) is 17.1. The summed E-state index contributed by atoms with van der Waals surface area (Å²) in [6.07, 6.45) is 5.50. The van der Waals surface area contributed by atoms with Crippen molar-refractivity contribution in [3.05, 3.63) is 66.5 Å². The second kappa shape index (κ2) is 7.53. The molecule has 1 fully saturated rings. The summed E-state index contributed by atoms with van der Waals surface area (Å²) in [6, 6.07) is 15.7. The lowest BCUT2D eigenvalue weighted by Gasteiger charge is -2.26. The van der Waals surface area contributed by atoms with Crippen LogP contribution in [0.2, 0.25) is 0 Å². The molecule has 2 N–H and O–H groups in total. The van der Waals surface area contributed by atoms with Crippen LogP contribution in [0.4, 0.5) is 10.5 Å². The molecule has 0 spiro atoms. The average molecular weight is 362 g/mol. The number of rotatable bonds is 4. The standard InChI is InChI=1S/C21H22N4O2/c1-27-17-7-4-6-15(12-17)20-10-5-11-25(20)21(26)24-19-9-3-2-8-18(19)16-13-22-23-14-16/h2-4,6-9,12-14,20H,5,10-11H2,1H3,(H,22,23)(H,24,26). The van der Waals surface area contributed by atoms with Gasteiger partial charge < -0.3 is 15.0 Å². The minimum absolute atomic E-state index is 0.0567. The molecule has 1 aromatic heterocycles. The van der Waals surface area contributed by atoms with Gasteiger partial charge in [-0.1, -0.05) is 30.3 Å². The highest BCUT2D eigenvalue weighted by Crippen LogP contribution is 2.34. The number of aromatic amines is 1. The van der Waals surface area contributed by atoms with Crippen LogP contribution in [-0.4, -0.2) is 34.8 Å². The number of amides is 2. The number of aromatic nitrogens is 2. The maximum atomic E-state index is 13.0. The molecule has 2 amide bonds. The van der Waals surface area contributed by atoms with Crippen LogP contribution in [0.15, 0.2) is 60.9 Å². The second-order valence-corrected chi connectivity index (χ2v) is 6.59. The summed E-state index contributed by atoms with van der Waals surface area (Å²) in [5.74, 6) is 0.810. The average Bonchev–Trinajstić information content (AvgIpc) is 3.40. The number of nitrogens with one attached hydrogen (secondary N) is 2. The number of carbonyl (C=O) groups excluding carboxylic acids is 1. The van der Waals surface area contributed by atoms with E-state index >= 15 is 0 Å². The number of anilines is 1. The SMILES string of the molecule is COc1cccc(C2CCCN2C(=O)Nc2ccccc2-c2cn[nH]c2)c1. The molecule has 4 rings (SSSR count). The maximum Gasteiger partial charge on any atom is 0.322 e. The van der Waals surface area contributed by atoms with Gasteiger partial charge in [0.1, 0.15) is 5.75 Å². The number of benzene rings is 2. The van der Waals surface area contributed by atoms with E-state index < -0.39 is 0 Å². The Kier molecular flexibility index (Phi) is 4.78. The zero-order chi connectivity index (χ0) is 18.6. The normalized spacial score (nSPS) is 16.3. The Morgan fingerprint density at radius 1 is 1.26 bits per heavy atom. The molecule has 6 heteroatoms. The first-order chi connectivity index (χ1) is 13.3. The van der Waals surface area contributed by atoms with E-state index in [0.717, 1.165) is 47.5 Å². The molecule has 1 unspecified atom stereocenters. The van der Waals surface area contributed by atoms with Crippen LogP contribution >= 0.6 is 0 Å². The van der Waals surface area contributed by atoms with E-state index in [9.17, 15) is 4.79 Å². The van der Waals surface area contributed by atoms with E-state index in [1.807, 2.05) is 53.6 Å². The van der Waals surface area contributed by atoms with Gasteiger partial charge in [0.05, 0.1) is 25.0 Å². The molecule has 1 aliphatic heterocycles. The van der Waals surface area contributed by atoms with Crippen LogP contribution in [0.1, 0.15) is 24.4 Å². The fourth-order valence-electron chi connectivity index (χ4n) is 3.63. The summed E-state index contributed by atoms with van der Waals surface area (Å²) < 4.78 is 5.33. The Hall–Kier alpha value is -3.28. The number of hydrogen-bond donors (Lipinski definition) is 2.